The van der Waals surface area contributed by atoms with Crippen molar-refractivity contribution in [1.82, 2.24) is 5.32 Å². The van der Waals surface area contributed by atoms with Crippen molar-refractivity contribution in [3.8, 4) is 0 Å². The molecule has 6 nitrogen and oxygen atoms in total. The molecule has 0 saturated heterocycles. The van der Waals surface area contributed by atoms with Gasteiger partial charge in [-0.1, -0.05) is 436 Å². The van der Waals surface area contributed by atoms with E-state index in [9.17, 15) is 19.8 Å². The Morgan fingerprint density at radius 3 is 0.835 bits per heavy atom. The van der Waals surface area contributed by atoms with Crippen molar-refractivity contribution >= 4 is 11.9 Å². The van der Waals surface area contributed by atoms with Gasteiger partial charge < -0.3 is 20.3 Å². The normalized spacial score (nSPS) is 12.5. The highest BCUT2D eigenvalue weighted by atomic mass is 16.5. The summed E-state index contributed by atoms with van der Waals surface area (Å²) in [5.41, 5.74) is 0. The molecule has 0 spiro atoms. The average molecular weight is 1280 g/mol. The maximum Gasteiger partial charge on any atom is 0.305 e. The van der Waals surface area contributed by atoms with Crippen molar-refractivity contribution in [3.05, 3.63) is 24.3 Å². The molecule has 0 bridgehead atoms. The zero-order valence-corrected chi connectivity index (χ0v) is 62.1. The fourth-order valence-electron chi connectivity index (χ4n) is 13.6. The SMILES string of the molecule is CCCCCCCCCCCCCCCCCCCCCCC(O)C(CO)NC(=O)CCCCCCCCCCCCCCCCCCC/C=C\C/C=C\CCCCCCCCCCCCCCCCCOC(=O)CCCCCCCCCCCCCCCCC. The lowest BCUT2D eigenvalue weighted by atomic mass is 10.0. The first-order valence-electron chi connectivity index (χ1n) is 42.1. The van der Waals surface area contributed by atoms with Crippen molar-refractivity contribution < 1.29 is 24.5 Å². The summed E-state index contributed by atoms with van der Waals surface area (Å²) >= 11 is 0. The molecular formula is C85H165NO5. The highest BCUT2D eigenvalue weighted by Crippen LogP contribution is 2.21. The molecule has 0 aromatic rings. The van der Waals surface area contributed by atoms with E-state index in [2.05, 4.69) is 43.5 Å². The summed E-state index contributed by atoms with van der Waals surface area (Å²) < 4.78 is 5.51. The molecule has 0 radical (unpaired) electrons. The van der Waals surface area contributed by atoms with Crippen LogP contribution < -0.4 is 5.32 Å². The molecule has 0 heterocycles. The standard InChI is InChI=1S/C85H165NO5/c1-3-5-7-9-11-13-15-17-19-20-21-43-46-50-53-57-61-65-69-73-77-83(88)82(81-87)86-84(89)78-74-70-66-62-58-54-51-47-44-41-39-37-35-33-31-29-27-25-23-22-24-26-28-30-32-34-36-38-40-42-45-48-52-56-60-64-68-72-76-80-91-85(90)79-75-71-67-63-59-55-49-18-16-14-12-10-8-6-4-2/h22-23,26,28,82-83,87-88H,3-21,24-25,27,29-81H2,1-2H3,(H,86,89)/b23-22-,28-26-. The summed E-state index contributed by atoms with van der Waals surface area (Å²) in [4.78, 5) is 24.7. The van der Waals surface area contributed by atoms with Crippen LogP contribution in [0.25, 0.3) is 0 Å². The minimum atomic E-state index is -0.663. The lowest BCUT2D eigenvalue weighted by Crippen LogP contribution is -2.45. The van der Waals surface area contributed by atoms with E-state index in [0.717, 1.165) is 44.9 Å². The monoisotopic (exact) mass is 1280 g/mol. The largest absolute Gasteiger partial charge is 0.466 e. The number of carbonyl (C=O) groups is 2. The molecule has 2 unspecified atom stereocenters. The smallest absolute Gasteiger partial charge is 0.305 e. The van der Waals surface area contributed by atoms with Crippen LogP contribution in [0.5, 0.6) is 0 Å². The second-order valence-electron chi connectivity index (χ2n) is 29.2. The van der Waals surface area contributed by atoms with Crippen molar-refractivity contribution in [3.63, 3.8) is 0 Å². The molecule has 540 valence electrons. The number of ether oxygens (including phenoxy) is 1. The summed E-state index contributed by atoms with van der Waals surface area (Å²) in [5, 5.41) is 23.5. The van der Waals surface area contributed by atoms with Gasteiger partial charge in [0.1, 0.15) is 0 Å². The number of hydrogen-bond donors (Lipinski definition) is 3. The molecule has 0 aromatic heterocycles. The van der Waals surface area contributed by atoms with E-state index in [-0.39, 0.29) is 18.5 Å². The van der Waals surface area contributed by atoms with Gasteiger partial charge in [0.25, 0.3) is 0 Å². The molecule has 0 aliphatic rings. The fraction of sp³-hybridized carbons (Fsp3) is 0.929. The van der Waals surface area contributed by atoms with Crippen LogP contribution in [0.4, 0.5) is 0 Å². The number of hydrogen-bond acceptors (Lipinski definition) is 5. The van der Waals surface area contributed by atoms with Gasteiger partial charge >= 0.3 is 5.97 Å². The second kappa shape index (κ2) is 80.8. The number of esters is 1. The maximum atomic E-state index is 12.6. The summed E-state index contributed by atoms with van der Waals surface area (Å²) in [6, 6.07) is -0.540. The fourth-order valence-corrected chi connectivity index (χ4v) is 13.6. The highest BCUT2D eigenvalue weighted by Gasteiger charge is 2.20. The zero-order valence-electron chi connectivity index (χ0n) is 62.1. The quantitative estimate of drug-likeness (QED) is 0.0320. The van der Waals surface area contributed by atoms with Gasteiger partial charge in [-0.15, -0.1) is 0 Å². The number of carbonyl (C=O) groups excluding carboxylic acids is 2. The maximum absolute atomic E-state index is 12.6. The van der Waals surface area contributed by atoms with Crippen LogP contribution in [0.2, 0.25) is 0 Å². The third-order valence-corrected chi connectivity index (χ3v) is 20.0. The van der Waals surface area contributed by atoms with Crippen molar-refractivity contribution in [2.24, 2.45) is 0 Å². The number of aliphatic hydroxyl groups excluding tert-OH is 2. The lowest BCUT2D eigenvalue weighted by molar-refractivity contribution is -0.143. The molecule has 0 rings (SSSR count). The van der Waals surface area contributed by atoms with Crippen LogP contribution in [0, 0.1) is 0 Å². The first kappa shape index (κ1) is 89.3. The molecule has 0 fully saturated rings. The predicted octanol–water partition coefficient (Wildman–Crippen LogP) is 28.0. The molecule has 1 amide bonds. The zero-order chi connectivity index (χ0) is 65.6. The summed E-state index contributed by atoms with van der Waals surface area (Å²) in [7, 11) is 0. The van der Waals surface area contributed by atoms with Gasteiger partial charge in [0.05, 0.1) is 25.4 Å². The van der Waals surface area contributed by atoms with Gasteiger partial charge in [-0.2, -0.15) is 0 Å². The Hall–Kier alpha value is -1.66. The molecule has 2 atom stereocenters. The van der Waals surface area contributed by atoms with Gasteiger partial charge in [0.2, 0.25) is 5.91 Å². The summed E-state index contributed by atoms with van der Waals surface area (Å²) in [5.74, 6) is -0.00220. The lowest BCUT2D eigenvalue weighted by Gasteiger charge is -2.22. The van der Waals surface area contributed by atoms with Gasteiger partial charge in [0.15, 0.2) is 0 Å². The molecule has 0 aromatic carbocycles. The van der Waals surface area contributed by atoms with Gasteiger partial charge in [-0.25, -0.2) is 0 Å². The topological polar surface area (TPSA) is 95.9 Å². The summed E-state index contributed by atoms with van der Waals surface area (Å²) in [6.45, 7) is 5.01. The number of rotatable bonds is 80. The van der Waals surface area contributed by atoms with E-state index in [0.29, 0.717) is 25.9 Å². The summed E-state index contributed by atoms with van der Waals surface area (Å²) in [6.07, 6.45) is 104. The Labute approximate surface area is 571 Å². The van der Waals surface area contributed by atoms with Crippen LogP contribution in [0.15, 0.2) is 24.3 Å². The number of allylic oxidation sites excluding steroid dienone is 4. The Morgan fingerprint density at radius 2 is 0.549 bits per heavy atom. The van der Waals surface area contributed by atoms with E-state index in [1.807, 2.05) is 0 Å². The van der Waals surface area contributed by atoms with Crippen molar-refractivity contribution in [2.45, 2.75) is 495 Å². The average Bonchev–Trinajstić information content (AvgIpc) is 3.63. The van der Waals surface area contributed by atoms with E-state index in [1.165, 1.54) is 405 Å². The molecule has 3 N–H and O–H groups in total. The van der Waals surface area contributed by atoms with Gasteiger partial charge in [-0.05, 0) is 57.8 Å². The second-order valence-corrected chi connectivity index (χ2v) is 29.2. The van der Waals surface area contributed by atoms with Gasteiger partial charge in [-0.3, -0.25) is 9.59 Å². The van der Waals surface area contributed by atoms with E-state index in [4.69, 9.17) is 4.74 Å². The van der Waals surface area contributed by atoms with Crippen molar-refractivity contribution in [2.75, 3.05) is 13.2 Å². The third kappa shape index (κ3) is 77.2. The van der Waals surface area contributed by atoms with Crippen LogP contribution in [-0.4, -0.2) is 47.4 Å². The number of unbranched alkanes of at least 4 members (excludes halogenated alkanes) is 65. The Kier molecular flexibility index (Phi) is 79.3. The van der Waals surface area contributed by atoms with E-state index < -0.39 is 12.1 Å². The number of nitrogens with one attached hydrogen (secondary N) is 1. The molecule has 0 saturated carbocycles. The molecule has 91 heavy (non-hydrogen) atoms. The Bertz CT molecular complexity index is 1430. The minimum absolute atomic E-state index is 0.0243. The van der Waals surface area contributed by atoms with E-state index >= 15 is 0 Å². The Morgan fingerprint density at radius 1 is 0.308 bits per heavy atom. The van der Waals surface area contributed by atoms with Crippen LogP contribution >= 0.6 is 0 Å². The number of amides is 1. The number of aliphatic hydroxyl groups is 2. The first-order valence-corrected chi connectivity index (χ1v) is 42.1. The van der Waals surface area contributed by atoms with E-state index in [1.54, 1.807) is 0 Å². The van der Waals surface area contributed by atoms with Gasteiger partial charge in [0, 0.05) is 12.8 Å². The highest BCUT2D eigenvalue weighted by molar-refractivity contribution is 5.76. The minimum Gasteiger partial charge on any atom is -0.466 e. The molecule has 6 heteroatoms. The third-order valence-electron chi connectivity index (χ3n) is 20.0. The van der Waals surface area contributed by atoms with Crippen LogP contribution in [-0.2, 0) is 14.3 Å². The first-order chi connectivity index (χ1) is 45.0. The molecule has 0 aliphatic carbocycles. The molecule has 0 aliphatic heterocycles. The van der Waals surface area contributed by atoms with Crippen LogP contribution in [0.3, 0.4) is 0 Å². The Balaban J connectivity index is 3.34. The van der Waals surface area contributed by atoms with Crippen molar-refractivity contribution in [1.29, 1.82) is 0 Å². The van der Waals surface area contributed by atoms with Crippen LogP contribution in [0.1, 0.15) is 483 Å². The predicted molar refractivity (Wildman–Crippen MR) is 403 cm³/mol. The molecular weight excluding hydrogens is 1110 g/mol.